The van der Waals surface area contributed by atoms with E-state index in [-0.39, 0.29) is 25.3 Å². The first-order valence-electron chi connectivity index (χ1n) is 8.61. The van der Waals surface area contributed by atoms with Gasteiger partial charge in [-0.25, -0.2) is 0 Å². The number of carbonyl (C=O) groups excluding carboxylic acids is 1. The van der Waals surface area contributed by atoms with E-state index in [1.807, 2.05) is 18.2 Å². The van der Waals surface area contributed by atoms with E-state index in [2.05, 4.69) is 41.8 Å². The van der Waals surface area contributed by atoms with Crippen molar-refractivity contribution in [2.75, 3.05) is 18.7 Å². The molecule has 0 aromatic heterocycles. The number of nitrogens with one attached hydrogen (secondary N) is 2. The van der Waals surface area contributed by atoms with Crippen LogP contribution in [0.2, 0.25) is 0 Å². The van der Waals surface area contributed by atoms with Gasteiger partial charge in [0.1, 0.15) is 0 Å². The summed E-state index contributed by atoms with van der Waals surface area (Å²) < 4.78 is 10.6. The van der Waals surface area contributed by atoms with Crippen molar-refractivity contribution in [3.63, 3.8) is 0 Å². The molecule has 1 aliphatic heterocycles. The molecule has 3 aromatic carbocycles. The number of carbonyl (C=O) groups is 1. The van der Waals surface area contributed by atoms with Crippen molar-refractivity contribution in [2.24, 2.45) is 0 Å². The van der Waals surface area contributed by atoms with Gasteiger partial charge in [-0.05, 0) is 35.4 Å². The SMILES string of the molecule is C[C@@H](NCC(=O)Nc1ccc2c(c1)OCO2)c1cccc2ccccc12. The summed E-state index contributed by atoms with van der Waals surface area (Å²) in [5, 5.41) is 8.57. The maximum atomic E-state index is 12.3. The van der Waals surface area contributed by atoms with Crippen LogP contribution in [0.1, 0.15) is 18.5 Å². The Kier molecular flexibility index (Phi) is 4.46. The Hall–Kier alpha value is -3.05. The van der Waals surface area contributed by atoms with Gasteiger partial charge in [0.15, 0.2) is 11.5 Å². The predicted molar refractivity (Wildman–Crippen MR) is 102 cm³/mol. The van der Waals surface area contributed by atoms with Crippen LogP contribution in [0.15, 0.2) is 60.7 Å². The average Bonchev–Trinajstić information content (AvgIpc) is 3.13. The Morgan fingerprint density at radius 1 is 1.04 bits per heavy atom. The zero-order chi connectivity index (χ0) is 17.9. The van der Waals surface area contributed by atoms with Crippen LogP contribution in [0.4, 0.5) is 5.69 Å². The summed E-state index contributed by atoms with van der Waals surface area (Å²) in [6.07, 6.45) is 0. The Morgan fingerprint density at radius 3 is 2.77 bits per heavy atom. The van der Waals surface area contributed by atoms with Crippen LogP contribution in [0, 0.1) is 0 Å². The topological polar surface area (TPSA) is 59.6 Å². The smallest absolute Gasteiger partial charge is 0.238 e. The summed E-state index contributed by atoms with van der Waals surface area (Å²) in [6.45, 7) is 2.51. The molecule has 0 fully saturated rings. The van der Waals surface area contributed by atoms with Gasteiger partial charge in [0, 0.05) is 17.8 Å². The van der Waals surface area contributed by atoms with Crippen molar-refractivity contribution in [3.05, 3.63) is 66.2 Å². The molecule has 132 valence electrons. The quantitative estimate of drug-likeness (QED) is 0.735. The van der Waals surface area contributed by atoms with Crippen molar-refractivity contribution in [1.82, 2.24) is 5.32 Å². The maximum Gasteiger partial charge on any atom is 0.238 e. The van der Waals surface area contributed by atoms with Crippen LogP contribution in [0.5, 0.6) is 11.5 Å². The lowest BCUT2D eigenvalue weighted by atomic mass is 10.00. The van der Waals surface area contributed by atoms with Crippen molar-refractivity contribution in [3.8, 4) is 11.5 Å². The van der Waals surface area contributed by atoms with Gasteiger partial charge < -0.3 is 20.1 Å². The zero-order valence-corrected chi connectivity index (χ0v) is 14.5. The lowest BCUT2D eigenvalue weighted by molar-refractivity contribution is -0.115. The van der Waals surface area contributed by atoms with E-state index in [1.165, 1.54) is 16.3 Å². The molecule has 1 amide bonds. The molecule has 26 heavy (non-hydrogen) atoms. The number of ether oxygens (including phenoxy) is 2. The molecule has 0 aliphatic carbocycles. The first-order chi connectivity index (χ1) is 12.7. The standard InChI is InChI=1S/C21H20N2O3/c1-14(17-8-4-6-15-5-2-3-7-18(15)17)22-12-21(24)23-16-9-10-19-20(11-16)26-13-25-19/h2-11,14,22H,12-13H2,1H3,(H,23,24)/t14-/m1/s1. The van der Waals surface area contributed by atoms with E-state index in [0.717, 1.165) is 0 Å². The highest BCUT2D eigenvalue weighted by atomic mass is 16.7. The Morgan fingerprint density at radius 2 is 1.85 bits per heavy atom. The number of rotatable bonds is 5. The Bertz CT molecular complexity index is 950. The van der Waals surface area contributed by atoms with Crippen LogP contribution in [-0.2, 0) is 4.79 Å². The fourth-order valence-electron chi connectivity index (χ4n) is 3.16. The number of fused-ring (bicyclic) bond motifs is 2. The van der Waals surface area contributed by atoms with Gasteiger partial charge in [0.2, 0.25) is 12.7 Å². The highest BCUT2D eigenvalue weighted by Crippen LogP contribution is 2.34. The van der Waals surface area contributed by atoms with Gasteiger partial charge in [-0.3, -0.25) is 4.79 Å². The molecule has 0 unspecified atom stereocenters. The fraction of sp³-hybridized carbons (Fsp3) is 0.190. The number of benzene rings is 3. The lowest BCUT2D eigenvalue weighted by Crippen LogP contribution is -2.30. The minimum Gasteiger partial charge on any atom is -0.454 e. The van der Waals surface area contributed by atoms with Gasteiger partial charge in [0.25, 0.3) is 0 Å². The number of hydrogen-bond donors (Lipinski definition) is 2. The summed E-state index contributed by atoms with van der Waals surface area (Å²) in [5.74, 6) is 1.25. The van der Waals surface area contributed by atoms with Gasteiger partial charge in [-0.15, -0.1) is 0 Å². The Labute approximate surface area is 151 Å². The van der Waals surface area contributed by atoms with Crippen molar-refractivity contribution >= 4 is 22.4 Å². The summed E-state index contributed by atoms with van der Waals surface area (Å²) >= 11 is 0. The molecule has 5 nitrogen and oxygen atoms in total. The average molecular weight is 348 g/mol. The number of hydrogen-bond acceptors (Lipinski definition) is 4. The molecular weight excluding hydrogens is 328 g/mol. The normalized spacial score (nSPS) is 13.6. The molecule has 1 aliphatic rings. The second-order valence-corrected chi connectivity index (χ2v) is 6.29. The van der Waals surface area contributed by atoms with Gasteiger partial charge in [-0.2, -0.15) is 0 Å². The molecular formula is C21H20N2O3. The van der Waals surface area contributed by atoms with E-state index >= 15 is 0 Å². The van der Waals surface area contributed by atoms with E-state index in [9.17, 15) is 4.79 Å². The first kappa shape index (κ1) is 16.4. The predicted octanol–water partition coefficient (Wildman–Crippen LogP) is 3.86. The molecule has 5 heteroatoms. The molecule has 1 heterocycles. The summed E-state index contributed by atoms with van der Waals surface area (Å²) in [5.41, 5.74) is 1.87. The van der Waals surface area contributed by atoms with Crippen LogP contribution in [0.3, 0.4) is 0 Å². The number of anilines is 1. The second kappa shape index (κ2) is 7.06. The summed E-state index contributed by atoms with van der Waals surface area (Å²) in [6, 6.07) is 19.9. The molecule has 0 saturated carbocycles. The monoisotopic (exact) mass is 348 g/mol. The first-order valence-corrected chi connectivity index (χ1v) is 8.61. The largest absolute Gasteiger partial charge is 0.454 e. The van der Waals surface area contributed by atoms with Crippen molar-refractivity contribution in [1.29, 1.82) is 0 Å². The van der Waals surface area contributed by atoms with Gasteiger partial charge in [0.05, 0.1) is 6.54 Å². The third kappa shape index (κ3) is 3.34. The molecule has 4 rings (SSSR count). The number of amides is 1. The molecule has 0 saturated heterocycles. The van der Waals surface area contributed by atoms with Crippen LogP contribution >= 0.6 is 0 Å². The van der Waals surface area contributed by atoms with Crippen LogP contribution in [-0.4, -0.2) is 19.2 Å². The van der Waals surface area contributed by atoms with E-state index in [0.29, 0.717) is 17.2 Å². The van der Waals surface area contributed by atoms with E-state index in [4.69, 9.17) is 9.47 Å². The van der Waals surface area contributed by atoms with Gasteiger partial charge in [-0.1, -0.05) is 42.5 Å². The van der Waals surface area contributed by atoms with Gasteiger partial charge >= 0.3 is 0 Å². The van der Waals surface area contributed by atoms with Crippen LogP contribution < -0.4 is 20.1 Å². The molecule has 3 aromatic rings. The van der Waals surface area contributed by atoms with Crippen molar-refractivity contribution < 1.29 is 14.3 Å². The maximum absolute atomic E-state index is 12.3. The lowest BCUT2D eigenvalue weighted by Gasteiger charge is -2.16. The molecule has 2 N–H and O–H groups in total. The molecule has 0 spiro atoms. The second-order valence-electron chi connectivity index (χ2n) is 6.29. The third-order valence-electron chi connectivity index (χ3n) is 4.51. The summed E-state index contributed by atoms with van der Waals surface area (Å²) in [7, 11) is 0. The highest BCUT2D eigenvalue weighted by molar-refractivity contribution is 5.92. The highest BCUT2D eigenvalue weighted by Gasteiger charge is 2.15. The fourth-order valence-corrected chi connectivity index (χ4v) is 3.16. The minimum absolute atomic E-state index is 0.0589. The zero-order valence-electron chi connectivity index (χ0n) is 14.5. The Balaban J connectivity index is 1.39. The van der Waals surface area contributed by atoms with E-state index in [1.54, 1.807) is 18.2 Å². The molecule has 0 bridgehead atoms. The molecule has 0 radical (unpaired) electrons. The summed E-state index contributed by atoms with van der Waals surface area (Å²) in [4.78, 5) is 12.3. The molecule has 1 atom stereocenters. The third-order valence-corrected chi connectivity index (χ3v) is 4.51. The van der Waals surface area contributed by atoms with Crippen molar-refractivity contribution in [2.45, 2.75) is 13.0 Å². The van der Waals surface area contributed by atoms with Crippen LogP contribution in [0.25, 0.3) is 10.8 Å². The minimum atomic E-state index is -0.101. The van der Waals surface area contributed by atoms with E-state index < -0.39 is 0 Å².